The van der Waals surface area contributed by atoms with Crippen LogP contribution in [0.3, 0.4) is 0 Å². The number of Topliss-reactive ketones (excluding diaryl/α,β-unsaturated/α-hetero) is 1. The SMILES string of the molecule is Cc1cc(C(=O)CN2CCCC2C(=O)N(C)C)c(C)n1CC1COc2ccccc2O1. The number of hydrogen-bond donors (Lipinski definition) is 0. The van der Waals surface area contributed by atoms with E-state index in [4.69, 9.17) is 9.47 Å². The van der Waals surface area contributed by atoms with Crippen LogP contribution in [0.4, 0.5) is 0 Å². The molecule has 0 radical (unpaired) electrons. The first kappa shape index (κ1) is 21.4. The van der Waals surface area contributed by atoms with E-state index in [0.717, 1.165) is 47.8 Å². The van der Waals surface area contributed by atoms with Gasteiger partial charge in [0.05, 0.1) is 19.1 Å². The Hall–Kier alpha value is -2.80. The van der Waals surface area contributed by atoms with Crippen LogP contribution in [0.15, 0.2) is 30.3 Å². The van der Waals surface area contributed by atoms with Gasteiger partial charge in [-0.05, 0) is 51.4 Å². The van der Waals surface area contributed by atoms with E-state index in [2.05, 4.69) is 4.57 Å². The van der Waals surface area contributed by atoms with Crippen molar-refractivity contribution in [3.05, 3.63) is 47.3 Å². The molecule has 2 unspecified atom stereocenters. The summed E-state index contributed by atoms with van der Waals surface area (Å²) in [5.74, 6) is 1.65. The van der Waals surface area contributed by atoms with E-state index in [0.29, 0.717) is 13.2 Å². The molecule has 1 aromatic carbocycles. The smallest absolute Gasteiger partial charge is 0.239 e. The maximum Gasteiger partial charge on any atom is 0.239 e. The summed E-state index contributed by atoms with van der Waals surface area (Å²) in [7, 11) is 3.54. The first-order chi connectivity index (χ1) is 14.8. The number of carbonyl (C=O) groups is 2. The number of likely N-dealkylation sites (tertiary alicyclic amines) is 1. The highest BCUT2D eigenvalue weighted by Gasteiger charge is 2.33. The molecule has 2 aliphatic rings. The number of ether oxygens (including phenoxy) is 2. The summed E-state index contributed by atoms with van der Waals surface area (Å²) in [6.45, 7) is 6.12. The number of ketones is 1. The number of carbonyl (C=O) groups excluding carboxylic acids is 2. The largest absolute Gasteiger partial charge is 0.486 e. The Balaban J connectivity index is 1.45. The van der Waals surface area contributed by atoms with Crippen molar-refractivity contribution >= 4 is 11.7 Å². The second-order valence-corrected chi connectivity index (χ2v) is 8.68. The molecule has 31 heavy (non-hydrogen) atoms. The van der Waals surface area contributed by atoms with Crippen LogP contribution >= 0.6 is 0 Å². The first-order valence-electron chi connectivity index (χ1n) is 10.9. The monoisotopic (exact) mass is 425 g/mol. The van der Waals surface area contributed by atoms with Gasteiger partial charge < -0.3 is 18.9 Å². The van der Waals surface area contributed by atoms with Crippen LogP contribution < -0.4 is 9.47 Å². The lowest BCUT2D eigenvalue weighted by atomic mass is 10.1. The van der Waals surface area contributed by atoms with Crippen LogP contribution in [0.2, 0.25) is 0 Å². The van der Waals surface area contributed by atoms with Gasteiger partial charge in [-0.15, -0.1) is 0 Å². The fourth-order valence-corrected chi connectivity index (χ4v) is 4.58. The van der Waals surface area contributed by atoms with E-state index in [1.54, 1.807) is 19.0 Å². The number of rotatable bonds is 6. The third kappa shape index (κ3) is 4.32. The summed E-state index contributed by atoms with van der Waals surface area (Å²) in [5.41, 5.74) is 2.67. The highest BCUT2D eigenvalue weighted by Crippen LogP contribution is 2.31. The zero-order chi connectivity index (χ0) is 22.1. The van der Waals surface area contributed by atoms with Crippen LogP contribution in [0.25, 0.3) is 0 Å². The first-order valence-corrected chi connectivity index (χ1v) is 10.9. The number of hydrogen-bond acceptors (Lipinski definition) is 5. The van der Waals surface area contributed by atoms with Gasteiger partial charge in [-0.3, -0.25) is 14.5 Å². The fourth-order valence-electron chi connectivity index (χ4n) is 4.58. The molecule has 1 aromatic heterocycles. The quantitative estimate of drug-likeness (QED) is 0.666. The Morgan fingerprint density at radius 2 is 1.90 bits per heavy atom. The van der Waals surface area contributed by atoms with E-state index in [1.807, 2.05) is 49.1 Å². The Bertz CT molecular complexity index is 981. The van der Waals surface area contributed by atoms with Crippen LogP contribution in [0.5, 0.6) is 11.5 Å². The third-order valence-electron chi connectivity index (χ3n) is 6.26. The molecular weight excluding hydrogens is 394 g/mol. The van der Waals surface area contributed by atoms with Crippen molar-refractivity contribution in [1.82, 2.24) is 14.4 Å². The van der Waals surface area contributed by atoms with Gasteiger partial charge in [0.2, 0.25) is 5.91 Å². The minimum atomic E-state index is -0.199. The van der Waals surface area contributed by atoms with Crippen molar-refractivity contribution in [3.63, 3.8) is 0 Å². The molecule has 2 aromatic rings. The van der Waals surface area contributed by atoms with Gasteiger partial charge in [-0.25, -0.2) is 0 Å². The van der Waals surface area contributed by atoms with E-state index in [9.17, 15) is 9.59 Å². The van der Waals surface area contributed by atoms with Gasteiger partial charge >= 0.3 is 0 Å². The number of aromatic nitrogens is 1. The molecule has 7 heteroatoms. The topological polar surface area (TPSA) is 64.0 Å². The highest BCUT2D eigenvalue weighted by atomic mass is 16.6. The molecule has 166 valence electrons. The maximum absolute atomic E-state index is 13.1. The Kier molecular flexibility index (Phi) is 6.05. The number of amides is 1. The predicted octanol–water partition coefficient (Wildman–Crippen LogP) is 2.68. The number of para-hydroxylation sites is 2. The van der Waals surface area contributed by atoms with Crippen molar-refractivity contribution < 1.29 is 19.1 Å². The van der Waals surface area contributed by atoms with E-state index in [-0.39, 0.29) is 30.4 Å². The van der Waals surface area contributed by atoms with E-state index >= 15 is 0 Å². The standard InChI is InChI=1S/C24H31N3O4/c1-16-12-19(21(28)14-26-11-7-8-20(26)24(29)25(3)4)17(2)27(16)13-18-15-30-22-9-5-6-10-23(22)31-18/h5-6,9-10,12,18,20H,7-8,11,13-15H2,1-4H3. The molecule has 0 N–H and O–H groups in total. The molecule has 2 aliphatic heterocycles. The third-order valence-corrected chi connectivity index (χ3v) is 6.26. The molecule has 1 amide bonds. The lowest BCUT2D eigenvalue weighted by molar-refractivity contribution is -0.133. The average Bonchev–Trinajstić information content (AvgIpc) is 3.32. The summed E-state index contributed by atoms with van der Waals surface area (Å²) in [6, 6.07) is 9.43. The van der Waals surface area contributed by atoms with Gasteiger partial charge in [0, 0.05) is 31.0 Å². The number of aryl methyl sites for hydroxylation is 1. The van der Waals surface area contributed by atoms with Gasteiger partial charge in [-0.2, -0.15) is 0 Å². The Labute approximate surface area is 183 Å². The van der Waals surface area contributed by atoms with Gasteiger partial charge in [0.15, 0.2) is 23.4 Å². The second kappa shape index (κ2) is 8.75. The number of nitrogens with zero attached hydrogens (tertiary/aromatic N) is 3. The zero-order valence-corrected chi connectivity index (χ0v) is 18.8. The number of fused-ring (bicyclic) bond motifs is 1. The van der Waals surface area contributed by atoms with E-state index in [1.165, 1.54) is 0 Å². The van der Waals surface area contributed by atoms with Crippen molar-refractivity contribution in [2.24, 2.45) is 0 Å². The number of likely N-dealkylation sites (N-methyl/N-ethyl adjacent to an activating group) is 1. The van der Waals surface area contributed by atoms with Gasteiger partial charge in [0.25, 0.3) is 0 Å². The molecule has 3 heterocycles. The van der Waals surface area contributed by atoms with Gasteiger partial charge in [0.1, 0.15) is 6.61 Å². The van der Waals surface area contributed by atoms with Crippen LogP contribution in [0.1, 0.15) is 34.6 Å². The maximum atomic E-state index is 13.1. The normalized spacial score (nSPS) is 20.6. The fraction of sp³-hybridized carbons (Fsp3) is 0.500. The van der Waals surface area contributed by atoms with Crippen molar-refractivity contribution in [2.45, 2.75) is 45.4 Å². The molecule has 1 saturated heterocycles. The highest BCUT2D eigenvalue weighted by molar-refractivity contribution is 5.99. The predicted molar refractivity (Wildman–Crippen MR) is 118 cm³/mol. The Morgan fingerprint density at radius 1 is 1.16 bits per heavy atom. The summed E-state index contributed by atoms with van der Waals surface area (Å²) >= 11 is 0. The van der Waals surface area contributed by atoms with Gasteiger partial charge in [-0.1, -0.05) is 12.1 Å². The molecule has 2 atom stereocenters. The lowest BCUT2D eigenvalue weighted by Crippen LogP contribution is -2.44. The molecule has 1 fully saturated rings. The Morgan fingerprint density at radius 3 is 2.65 bits per heavy atom. The molecular formula is C24H31N3O4. The molecule has 7 nitrogen and oxygen atoms in total. The summed E-state index contributed by atoms with van der Waals surface area (Å²) < 4.78 is 14.1. The second-order valence-electron chi connectivity index (χ2n) is 8.68. The van der Waals surface area contributed by atoms with Crippen molar-refractivity contribution in [1.29, 1.82) is 0 Å². The molecule has 0 spiro atoms. The minimum absolute atomic E-state index is 0.0592. The number of benzene rings is 1. The summed E-state index contributed by atoms with van der Waals surface area (Å²) in [5, 5.41) is 0. The summed E-state index contributed by atoms with van der Waals surface area (Å²) in [4.78, 5) is 29.2. The average molecular weight is 426 g/mol. The van der Waals surface area contributed by atoms with Crippen molar-refractivity contribution in [3.8, 4) is 11.5 Å². The van der Waals surface area contributed by atoms with Crippen molar-refractivity contribution in [2.75, 3.05) is 33.8 Å². The molecule has 4 rings (SSSR count). The van der Waals surface area contributed by atoms with Crippen LogP contribution in [0, 0.1) is 13.8 Å². The molecule has 0 saturated carbocycles. The van der Waals surface area contributed by atoms with E-state index < -0.39 is 0 Å². The molecule has 0 bridgehead atoms. The minimum Gasteiger partial charge on any atom is -0.486 e. The van der Waals surface area contributed by atoms with Crippen LogP contribution in [-0.2, 0) is 11.3 Å². The van der Waals surface area contributed by atoms with Crippen LogP contribution in [-0.4, -0.2) is 72.0 Å². The lowest BCUT2D eigenvalue weighted by Gasteiger charge is -2.27. The summed E-state index contributed by atoms with van der Waals surface area (Å²) in [6.07, 6.45) is 1.63. The zero-order valence-electron chi connectivity index (χ0n) is 18.8. The molecule has 0 aliphatic carbocycles.